The number of allylic oxidation sites excluding steroid dienone is 2. The molecule has 3 N–H and O–H groups in total. The number of ether oxygens (including phenoxy) is 4. The number of hydrogen-bond acceptors (Lipinski definition) is 15. The van der Waals surface area contributed by atoms with Crippen molar-refractivity contribution in [2.24, 2.45) is 0 Å². The Bertz CT molecular complexity index is 1800. The molecule has 0 radical (unpaired) electrons. The molecule has 0 fully saturated rings. The van der Waals surface area contributed by atoms with Crippen LogP contribution in [0.5, 0.6) is 0 Å². The zero-order valence-electron chi connectivity index (χ0n) is 59.3. The van der Waals surface area contributed by atoms with Crippen LogP contribution in [0.4, 0.5) is 0 Å². The number of unbranched alkanes of at least 4 members (excludes halogenated alkanes) is 45. The SMILES string of the molecule is CCCCCCCC/C=C\CCCCCCCC(=O)OCC(COP(=O)(O)OCC(O)COP(=O)(O)OCC(COC(=O)CCCCCCCCCCCCC)OC(=O)CCCCCCCCCCCCC)OC(=O)CCCCCCCCCCCCCCCCC. The van der Waals surface area contributed by atoms with E-state index in [0.29, 0.717) is 25.7 Å². The van der Waals surface area contributed by atoms with E-state index in [-0.39, 0.29) is 25.7 Å². The molecular weight excluding hydrogens is 1210 g/mol. The average molecular weight is 1350 g/mol. The molecule has 0 aromatic heterocycles. The number of aliphatic hydroxyl groups is 1. The first-order valence-electron chi connectivity index (χ1n) is 37.9. The second kappa shape index (κ2) is 67.4. The standard InChI is InChI=1S/C73H140O17P2/c1-5-9-13-17-21-25-29-31-33-35-39-42-46-50-54-58-71(76)84-64-69(90-73(78)60-56-52-48-44-40-36-34-32-30-26-22-18-14-10-6-2)66-88-92(81,82)86-62-67(74)61-85-91(79,80)87-65-68(89-72(77)59-55-51-47-43-38-28-24-20-16-12-8-4)63-83-70(75)57-53-49-45-41-37-27-23-19-15-11-7-3/h31,33,67-69,74H,5-30,32,34-66H2,1-4H3,(H,79,80)(H,81,82)/b33-31-. The van der Waals surface area contributed by atoms with Crippen LogP contribution in [0.2, 0.25) is 0 Å². The van der Waals surface area contributed by atoms with Gasteiger partial charge in [0.15, 0.2) is 12.2 Å². The van der Waals surface area contributed by atoms with Gasteiger partial charge in [0.1, 0.15) is 19.3 Å². The number of phosphoric ester groups is 2. The molecule has 0 amide bonds. The Kier molecular flexibility index (Phi) is 65.8. The zero-order valence-corrected chi connectivity index (χ0v) is 61.1. The Morgan fingerprint density at radius 1 is 0.293 bits per heavy atom. The molecule has 0 aliphatic rings. The molecule has 544 valence electrons. The van der Waals surface area contributed by atoms with Crippen LogP contribution in [0.3, 0.4) is 0 Å². The van der Waals surface area contributed by atoms with E-state index in [1.165, 1.54) is 186 Å². The van der Waals surface area contributed by atoms with Gasteiger partial charge in [-0.25, -0.2) is 9.13 Å². The fraction of sp³-hybridized carbons (Fsp3) is 0.918. The molecule has 0 saturated heterocycles. The van der Waals surface area contributed by atoms with Crippen LogP contribution >= 0.6 is 15.6 Å². The van der Waals surface area contributed by atoms with Crippen molar-refractivity contribution in [2.45, 2.75) is 393 Å². The zero-order chi connectivity index (χ0) is 67.5. The summed E-state index contributed by atoms with van der Waals surface area (Å²) in [6.07, 6.45) is 57.8. The summed E-state index contributed by atoms with van der Waals surface area (Å²) in [5.74, 6) is -2.13. The van der Waals surface area contributed by atoms with Gasteiger partial charge in [0, 0.05) is 25.7 Å². The third-order valence-corrected chi connectivity index (χ3v) is 18.7. The van der Waals surface area contributed by atoms with Crippen LogP contribution < -0.4 is 0 Å². The second-order valence-electron chi connectivity index (χ2n) is 26.0. The van der Waals surface area contributed by atoms with Gasteiger partial charge in [-0.15, -0.1) is 0 Å². The van der Waals surface area contributed by atoms with Crippen LogP contribution in [-0.4, -0.2) is 96.7 Å². The van der Waals surface area contributed by atoms with Gasteiger partial charge in [-0.2, -0.15) is 0 Å². The monoisotopic (exact) mass is 1350 g/mol. The Balaban J connectivity index is 5.26. The van der Waals surface area contributed by atoms with Crippen molar-refractivity contribution in [2.75, 3.05) is 39.6 Å². The van der Waals surface area contributed by atoms with E-state index < -0.39 is 97.5 Å². The molecule has 0 aliphatic heterocycles. The van der Waals surface area contributed by atoms with Crippen LogP contribution in [-0.2, 0) is 65.4 Å². The van der Waals surface area contributed by atoms with Crippen molar-refractivity contribution < 1.29 is 80.2 Å². The highest BCUT2D eigenvalue weighted by molar-refractivity contribution is 7.47. The van der Waals surface area contributed by atoms with Crippen molar-refractivity contribution in [1.82, 2.24) is 0 Å². The molecule has 17 nitrogen and oxygen atoms in total. The minimum Gasteiger partial charge on any atom is -0.462 e. The maximum absolute atomic E-state index is 13.1. The number of phosphoric acid groups is 2. The number of rotatable bonds is 73. The highest BCUT2D eigenvalue weighted by atomic mass is 31.2. The number of carbonyl (C=O) groups excluding carboxylic acids is 4. The fourth-order valence-corrected chi connectivity index (χ4v) is 12.5. The van der Waals surface area contributed by atoms with E-state index in [4.69, 9.17) is 37.0 Å². The summed E-state index contributed by atoms with van der Waals surface area (Å²) in [6.45, 7) is 4.94. The van der Waals surface area contributed by atoms with Crippen LogP contribution in [0.25, 0.3) is 0 Å². The number of aliphatic hydroxyl groups excluding tert-OH is 1. The Labute approximate surface area is 561 Å². The van der Waals surface area contributed by atoms with E-state index in [1.807, 2.05) is 0 Å². The quantitative estimate of drug-likeness (QED) is 0.0169. The third-order valence-electron chi connectivity index (χ3n) is 16.8. The Morgan fingerprint density at radius 3 is 0.750 bits per heavy atom. The van der Waals surface area contributed by atoms with Gasteiger partial charge in [0.05, 0.1) is 26.4 Å². The predicted octanol–water partition coefficient (Wildman–Crippen LogP) is 21.2. The molecule has 19 heteroatoms. The van der Waals surface area contributed by atoms with Crippen LogP contribution in [0.15, 0.2) is 12.2 Å². The molecule has 0 aromatic carbocycles. The van der Waals surface area contributed by atoms with Gasteiger partial charge in [-0.3, -0.25) is 37.3 Å². The van der Waals surface area contributed by atoms with Gasteiger partial charge in [-0.05, 0) is 51.4 Å². The van der Waals surface area contributed by atoms with Gasteiger partial charge < -0.3 is 33.8 Å². The van der Waals surface area contributed by atoms with Gasteiger partial charge in [0.25, 0.3) is 0 Å². The summed E-state index contributed by atoms with van der Waals surface area (Å²) in [4.78, 5) is 72.7. The average Bonchev–Trinajstić information content (AvgIpc) is 2.93. The van der Waals surface area contributed by atoms with Crippen molar-refractivity contribution in [3.05, 3.63) is 12.2 Å². The van der Waals surface area contributed by atoms with E-state index in [2.05, 4.69) is 39.8 Å². The first kappa shape index (κ1) is 89.8. The van der Waals surface area contributed by atoms with E-state index in [0.717, 1.165) is 109 Å². The minimum atomic E-state index is -4.96. The normalized spacial score (nSPS) is 14.0. The van der Waals surface area contributed by atoms with E-state index in [9.17, 15) is 43.2 Å². The Morgan fingerprint density at radius 2 is 0.500 bits per heavy atom. The molecule has 0 bridgehead atoms. The highest BCUT2D eigenvalue weighted by Gasteiger charge is 2.30. The smallest absolute Gasteiger partial charge is 0.462 e. The largest absolute Gasteiger partial charge is 0.472 e. The molecule has 0 rings (SSSR count). The lowest BCUT2D eigenvalue weighted by molar-refractivity contribution is -0.161. The minimum absolute atomic E-state index is 0.105. The summed E-state index contributed by atoms with van der Waals surface area (Å²) in [6, 6.07) is 0. The Hall–Kier alpha value is -2.20. The first-order valence-corrected chi connectivity index (χ1v) is 40.9. The lowest BCUT2D eigenvalue weighted by Crippen LogP contribution is -2.30. The van der Waals surface area contributed by atoms with Crippen LogP contribution in [0.1, 0.15) is 374 Å². The van der Waals surface area contributed by atoms with Crippen molar-refractivity contribution in [3.63, 3.8) is 0 Å². The molecule has 0 aromatic rings. The lowest BCUT2D eigenvalue weighted by atomic mass is 10.0. The third kappa shape index (κ3) is 66.4. The maximum Gasteiger partial charge on any atom is 0.472 e. The van der Waals surface area contributed by atoms with Gasteiger partial charge in [-0.1, -0.05) is 310 Å². The molecule has 0 heterocycles. The summed E-state index contributed by atoms with van der Waals surface area (Å²) < 4.78 is 68.4. The maximum atomic E-state index is 13.1. The molecular formula is C73H140O17P2. The summed E-state index contributed by atoms with van der Waals surface area (Å²) >= 11 is 0. The van der Waals surface area contributed by atoms with E-state index in [1.54, 1.807) is 0 Å². The summed E-state index contributed by atoms with van der Waals surface area (Å²) in [7, 11) is -9.91. The highest BCUT2D eigenvalue weighted by Crippen LogP contribution is 2.45. The summed E-state index contributed by atoms with van der Waals surface area (Å²) in [5.41, 5.74) is 0. The fourth-order valence-electron chi connectivity index (χ4n) is 10.9. The topological polar surface area (TPSA) is 237 Å². The summed E-state index contributed by atoms with van der Waals surface area (Å²) in [5, 5.41) is 10.6. The van der Waals surface area contributed by atoms with Crippen LogP contribution in [0, 0.1) is 0 Å². The van der Waals surface area contributed by atoms with Gasteiger partial charge in [0.2, 0.25) is 0 Å². The molecule has 0 spiro atoms. The van der Waals surface area contributed by atoms with Crippen molar-refractivity contribution in [1.29, 1.82) is 0 Å². The van der Waals surface area contributed by atoms with Crippen molar-refractivity contribution >= 4 is 39.5 Å². The second-order valence-corrected chi connectivity index (χ2v) is 28.9. The number of esters is 4. The molecule has 5 atom stereocenters. The molecule has 92 heavy (non-hydrogen) atoms. The first-order chi connectivity index (χ1) is 44.7. The predicted molar refractivity (Wildman–Crippen MR) is 372 cm³/mol. The van der Waals surface area contributed by atoms with E-state index >= 15 is 0 Å². The molecule has 0 saturated carbocycles. The van der Waals surface area contributed by atoms with Gasteiger partial charge >= 0.3 is 39.5 Å². The lowest BCUT2D eigenvalue weighted by Gasteiger charge is -2.21. The van der Waals surface area contributed by atoms with Crippen molar-refractivity contribution in [3.8, 4) is 0 Å². The molecule has 0 aliphatic carbocycles. The number of hydrogen-bond donors (Lipinski definition) is 3. The number of carbonyl (C=O) groups is 4. The molecule has 5 unspecified atom stereocenters.